The van der Waals surface area contributed by atoms with E-state index in [9.17, 15) is 14.9 Å². The molecule has 0 fully saturated rings. The summed E-state index contributed by atoms with van der Waals surface area (Å²) in [4.78, 5) is 22.4. The molecule has 8 heteroatoms. The van der Waals surface area contributed by atoms with Crippen LogP contribution in [0.2, 0.25) is 0 Å². The first kappa shape index (κ1) is 17.7. The second kappa shape index (κ2) is 7.78. The summed E-state index contributed by atoms with van der Waals surface area (Å²) in [5, 5.41) is 13.4. The number of nitro groups is 1. The predicted octanol–water partition coefficient (Wildman–Crippen LogP) is 3.77. The van der Waals surface area contributed by atoms with E-state index in [2.05, 4.69) is 21.2 Å². The van der Waals surface area contributed by atoms with Crippen molar-refractivity contribution in [1.82, 2.24) is 0 Å². The maximum atomic E-state index is 12.2. The maximum Gasteiger partial charge on any atom is 0.270 e. The van der Waals surface area contributed by atoms with E-state index in [1.807, 2.05) is 0 Å². The lowest BCUT2D eigenvalue weighted by atomic mass is 10.2. The van der Waals surface area contributed by atoms with Crippen molar-refractivity contribution in [2.75, 3.05) is 12.4 Å². The number of non-ortho nitro benzene ring substituents is 1. The van der Waals surface area contributed by atoms with Crippen LogP contribution < -0.4 is 14.8 Å². The molecule has 0 aliphatic rings. The average Bonchev–Trinajstić information content (AvgIpc) is 2.57. The fraction of sp³-hybridized carbons (Fsp3) is 0.188. The van der Waals surface area contributed by atoms with Crippen LogP contribution in [0.3, 0.4) is 0 Å². The highest BCUT2D eigenvalue weighted by atomic mass is 79.9. The zero-order valence-electron chi connectivity index (χ0n) is 13.0. The number of ether oxygens (including phenoxy) is 2. The first-order valence-electron chi connectivity index (χ1n) is 6.96. The third-order valence-corrected chi connectivity index (χ3v) is 3.82. The summed E-state index contributed by atoms with van der Waals surface area (Å²) in [6.07, 6.45) is -0.750. The third kappa shape index (κ3) is 4.45. The molecule has 0 aliphatic heterocycles. The Morgan fingerprint density at radius 1 is 1.21 bits per heavy atom. The largest absolute Gasteiger partial charge is 0.497 e. The Kier molecular flexibility index (Phi) is 5.75. The molecule has 24 heavy (non-hydrogen) atoms. The molecule has 0 saturated heterocycles. The van der Waals surface area contributed by atoms with Crippen molar-refractivity contribution >= 4 is 33.2 Å². The second-order valence-corrected chi connectivity index (χ2v) is 5.70. The molecular weight excluding hydrogens is 380 g/mol. The molecule has 1 unspecified atom stereocenters. The fourth-order valence-electron chi connectivity index (χ4n) is 1.87. The molecular formula is C16H15BrN2O5. The zero-order valence-corrected chi connectivity index (χ0v) is 14.6. The number of carbonyl (C=O) groups is 1. The van der Waals surface area contributed by atoms with Crippen molar-refractivity contribution in [2.24, 2.45) is 0 Å². The Morgan fingerprint density at radius 2 is 1.83 bits per heavy atom. The summed E-state index contributed by atoms with van der Waals surface area (Å²) in [5.41, 5.74) is 0.359. The Hall–Kier alpha value is -2.61. The van der Waals surface area contributed by atoms with E-state index in [4.69, 9.17) is 9.47 Å². The molecule has 2 aromatic carbocycles. The van der Waals surface area contributed by atoms with Crippen LogP contribution in [0.25, 0.3) is 0 Å². The van der Waals surface area contributed by atoms with Crippen LogP contribution >= 0.6 is 15.9 Å². The molecule has 0 heterocycles. The number of nitrogens with one attached hydrogen (secondary N) is 1. The molecule has 0 aromatic heterocycles. The quantitative estimate of drug-likeness (QED) is 0.594. The number of carbonyl (C=O) groups excluding carboxylic acids is 1. The summed E-state index contributed by atoms with van der Waals surface area (Å²) in [6.45, 7) is 1.61. The summed E-state index contributed by atoms with van der Waals surface area (Å²) in [6, 6.07) is 11.0. The van der Waals surface area contributed by atoms with Crippen molar-refractivity contribution in [1.29, 1.82) is 0 Å². The van der Waals surface area contributed by atoms with E-state index >= 15 is 0 Å². The number of hydrogen-bond acceptors (Lipinski definition) is 5. The number of amides is 1. The summed E-state index contributed by atoms with van der Waals surface area (Å²) in [7, 11) is 1.56. The van der Waals surface area contributed by atoms with Crippen molar-refractivity contribution in [3.8, 4) is 11.5 Å². The van der Waals surface area contributed by atoms with Gasteiger partial charge in [-0.3, -0.25) is 14.9 Å². The van der Waals surface area contributed by atoms with Gasteiger partial charge in [-0.1, -0.05) is 0 Å². The molecule has 0 saturated carbocycles. The van der Waals surface area contributed by atoms with Crippen molar-refractivity contribution in [2.45, 2.75) is 13.0 Å². The molecule has 1 atom stereocenters. The summed E-state index contributed by atoms with van der Waals surface area (Å²) in [5.74, 6) is 0.843. The lowest BCUT2D eigenvalue weighted by Crippen LogP contribution is -2.30. The molecule has 7 nitrogen and oxygen atoms in total. The number of hydrogen-bond donors (Lipinski definition) is 1. The monoisotopic (exact) mass is 394 g/mol. The number of methoxy groups -OCH3 is 1. The normalized spacial score (nSPS) is 11.5. The summed E-state index contributed by atoms with van der Waals surface area (Å²) < 4.78 is 11.0. The number of nitrogens with zero attached hydrogens (tertiary/aromatic N) is 1. The van der Waals surface area contributed by atoms with Crippen LogP contribution in [0.4, 0.5) is 11.4 Å². The third-order valence-electron chi connectivity index (χ3n) is 3.16. The van der Waals surface area contributed by atoms with Gasteiger partial charge in [0.15, 0.2) is 6.10 Å². The van der Waals surface area contributed by atoms with Gasteiger partial charge in [0.1, 0.15) is 11.5 Å². The summed E-state index contributed by atoms with van der Waals surface area (Å²) >= 11 is 3.20. The Bertz CT molecular complexity index is 749. The van der Waals surface area contributed by atoms with Gasteiger partial charge >= 0.3 is 0 Å². The van der Waals surface area contributed by atoms with E-state index in [1.165, 1.54) is 18.2 Å². The van der Waals surface area contributed by atoms with Gasteiger partial charge in [0.2, 0.25) is 0 Å². The van der Waals surface area contributed by atoms with E-state index in [-0.39, 0.29) is 11.6 Å². The van der Waals surface area contributed by atoms with Gasteiger partial charge < -0.3 is 14.8 Å². The molecule has 0 radical (unpaired) electrons. The minimum atomic E-state index is -0.750. The average molecular weight is 395 g/mol. The predicted molar refractivity (Wildman–Crippen MR) is 92.5 cm³/mol. The van der Waals surface area contributed by atoms with Crippen LogP contribution in [-0.4, -0.2) is 24.0 Å². The van der Waals surface area contributed by atoms with Crippen LogP contribution in [0.5, 0.6) is 11.5 Å². The topological polar surface area (TPSA) is 90.7 Å². The minimum absolute atomic E-state index is 0.0672. The molecule has 1 N–H and O–H groups in total. The maximum absolute atomic E-state index is 12.2. The highest BCUT2D eigenvalue weighted by molar-refractivity contribution is 9.10. The van der Waals surface area contributed by atoms with Gasteiger partial charge in [0, 0.05) is 16.6 Å². The first-order valence-corrected chi connectivity index (χ1v) is 7.75. The number of nitro benzene ring substituents is 1. The van der Waals surface area contributed by atoms with Crippen LogP contribution in [0.1, 0.15) is 6.92 Å². The van der Waals surface area contributed by atoms with E-state index in [0.717, 1.165) is 0 Å². The molecule has 0 spiro atoms. The Labute approximate surface area is 146 Å². The lowest BCUT2D eigenvalue weighted by Gasteiger charge is -2.15. The number of rotatable bonds is 6. The van der Waals surface area contributed by atoms with Crippen molar-refractivity contribution < 1.29 is 19.2 Å². The van der Waals surface area contributed by atoms with Crippen LogP contribution in [0.15, 0.2) is 46.9 Å². The van der Waals surface area contributed by atoms with E-state index < -0.39 is 11.0 Å². The van der Waals surface area contributed by atoms with Gasteiger partial charge in [-0.15, -0.1) is 0 Å². The number of benzene rings is 2. The standard InChI is InChI=1S/C16H15BrN2O5/c1-10(24-13-6-4-12(23-2)5-7-13)16(20)18-15-8-3-11(19(21)22)9-14(15)17/h3-10H,1-2H3,(H,18,20). The van der Waals surface area contributed by atoms with Crippen molar-refractivity contribution in [3.63, 3.8) is 0 Å². The van der Waals surface area contributed by atoms with Crippen LogP contribution in [0, 0.1) is 10.1 Å². The van der Waals surface area contributed by atoms with Crippen LogP contribution in [-0.2, 0) is 4.79 Å². The highest BCUT2D eigenvalue weighted by Crippen LogP contribution is 2.27. The molecule has 126 valence electrons. The smallest absolute Gasteiger partial charge is 0.270 e. The first-order chi connectivity index (χ1) is 11.4. The van der Waals surface area contributed by atoms with Gasteiger partial charge in [0.25, 0.3) is 11.6 Å². The fourth-order valence-corrected chi connectivity index (χ4v) is 2.33. The zero-order chi connectivity index (χ0) is 17.7. The van der Waals surface area contributed by atoms with Gasteiger partial charge in [-0.2, -0.15) is 0 Å². The van der Waals surface area contributed by atoms with E-state index in [1.54, 1.807) is 38.3 Å². The lowest BCUT2D eigenvalue weighted by molar-refractivity contribution is -0.384. The second-order valence-electron chi connectivity index (χ2n) is 4.85. The highest BCUT2D eigenvalue weighted by Gasteiger charge is 2.17. The molecule has 1 amide bonds. The Balaban J connectivity index is 2.01. The van der Waals surface area contributed by atoms with Gasteiger partial charge in [-0.25, -0.2) is 0 Å². The molecule has 0 bridgehead atoms. The van der Waals surface area contributed by atoms with Gasteiger partial charge in [0.05, 0.1) is 17.7 Å². The number of halogens is 1. The number of anilines is 1. The molecule has 2 aromatic rings. The minimum Gasteiger partial charge on any atom is -0.497 e. The molecule has 2 rings (SSSR count). The Morgan fingerprint density at radius 3 is 2.38 bits per heavy atom. The molecule has 0 aliphatic carbocycles. The van der Waals surface area contributed by atoms with E-state index in [0.29, 0.717) is 21.7 Å². The SMILES string of the molecule is COc1ccc(OC(C)C(=O)Nc2ccc([N+](=O)[O-])cc2Br)cc1. The van der Waals surface area contributed by atoms with Gasteiger partial charge in [-0.05, 0) is 53.2 Å². The van der Waals surface area contributed by atoms with Crippen molar-refractivity contribution in [3.05, 3.63) is 57.1 Å².